The zero-order chi connectivity index (χ0) is 17.4. The van der Waals surface area contributed by atoms with Crippen LogP contribution in [0.1, 0.15) is 12.5 Å². The van der Waals surface area contributed by atoms with Crippen molar-refractivity contribution < 1.29 is 14.3 Å². The maximum Gasteiger partial charge on any atom is 0.316 e. The molecule has 0 heterocycles. The van der Waals surface area contributed by atoms with Gasteiger partial charge in [-0.15, -0.1) is 11.8 Å². The standard InChI is InChI=1S/C18H18ClNO3S/c1-13(18(22)20-16-5-3-2-4-6-16)23-17(21)12-24-11-14-7-9-15(19)10-8-14/h2-10,13H,11-12H2,1H3,(H,20,22). The molecule has 6 heteroatoms. The molecule has 1 atom stereocenters. The second-order valence-electron chi connectivity index (χ2n) is 5.11. The second kappa shape index (κ2) is 9.35. The molecule has 1 unspecified atom stereocenters. The number of para-hydroxylation sites is 1. The number of nitrogens with one attached hydrogen (secondary N) is 1. The molecule has 0 bridgehead atoms. The minimum atomic E-state index is -0.839. The maximum absolute atomic E-state index is 12.0. The molecule has 24 heavy (non-hydrogen) atoms. The van der Waals surface area contributed by atoms with E-state index >= 15 is 0 Å². The maximum atomic E-state index is 12.0. The number of carbonyl (C=O) groups excluding carboxylic acids is 2. The summed E-state index contributed by atoms with van der Waals surface area (Å²) in [6.07, 6.45) is -0.839. The molecule has 0 radical (unpaired) electrons. The van der Waals surface area contributed by atoms with Gasteiger partial charge in [0.05, 0.1) is 5.75 Å². The predicted octanol–water partition coefficient (Wildman–Crippen LogP) is 4.14. The molecule has 126 valence electrons. The van der Waals surface area contributed by atoms with Gasteiger partial charge in [0.2, 0.25) is 0 Å². The smallest absolute Gasteiger partial charge is 0.316 e. The Balaban J connectivity index is 1.71. The fraction of sp³-hybridized carbons (Fsp3) is 0.222. The predicted molar refractivity (Wildman–Crippen MR) is 98.2 cm³/mol. The van der Waals surface area contributed by atoms with Gasteiger partial charge in [0.25, 0.3) is 5.91 Å². The molecule has 0 fully saturated rings. The molecule has 2 aromatic carbocycles. The molecule has 1 amide bonds. The zero-order valence-corrected chi connectivity index (χ0v) is 14.8. The highest BCUT2D eigenvalue weighted by Crippen LogP contribution is 2.16. The van der Waals surface area contributed by atoms with Crippen LogP contribution < -0.4 is 5.32 Å². The van der Waals surface area contributed by atoms with Crippen LogP contribution in [0.15, 0.2) is 54.6 Å². The quantitative estimate of drug-likeness (QED) is 0.751. The van der Waals surface area contributed by atoms with Gasteiger partial charge in [-0.2, -0.15) is 0 Å². The first-order chi connectivity index (χ1) is 11.5. The number of amides is 1. The van der Waals surface area contributed by atoms with Crippen LogP contribution in [0.2, 0.25) is 5.02 Å². The number of carbonyl (C=O) groups is 2. The molecule has 2 aromatic rings. The number of hydrogen-bond donors (Lipinski definition) is 1. The van der Waals surface area contributed by atoms with E-state index in [4.69, 9.17) is 16.3 Å². The number of benzene rings is 2. The molecule has 4 nitrogen and oxygen atoms in total. The summed E-state index contributed by atoms with van der Waals surface area (Å²) in [6.45, 7) is 1.56. The minimum absolute atomic E-state index is 0.186. The van der Waals surface area contributed by atoms with E-state index in [-0.39, 0.29) is 11.7 Å². The lowest BCUT2D eigenvalue weighted by atomic mass is 10.2. The normalized spacial score (nSPS) is 11.6. The number of ether oxygens (including phenoxy) is 1. The summed E-state index contributed by atoms with van der Waals surface area (Å²) < 4.78 is 5.15. The van der Waals surface area contributed by atoms with Crippen molar-refractivity contribution in [3.8, 4) is 0 Å². The van der Waals surface area contributed by atoms with E-state index in [0.29, 0.717) is 16.5 Å². The summed E-state index contributed by atoms with van der Waals surface area (Å²) in [6, 6.07) is 16.5. The first-order valence-corrected chi connectivity index (χ1v) is 8.95. The molecular weight excluding hydrogens is 346 g/mol. The average Bonchev–Trinajstić information content (AvgIpc) is 2.57. The minimum Gasteiger partial charge on any atom is -0.452 e. The first-order valence-electron chi connectivity index (χ1n) is 7.42. The summed E-state index contributed by atoms with van der Waals surface area (Å²) in [7, 11) is 0. The van der Waals surface area contributed by atoms with Crippen molar-refractivity contribution in [3.63, 3.8) is 0 Å². The lowest BCUT2D eigenvalue weighted by molar-refractivity contribution is -0.150. The van der Waals surface area contributed by atoms with Gasteiger partial charge in [0.1, 0.15) is 0 Å². The number of halogens is 1. The van der Waals surface area contributed by atoms with Gasteiger partial charge in [-0.25, -0.2) is 0 Å². The molecule has 0 aliphatic rings. The highest BCUT2D eigenvalue weighted by molar-refractivity contribution is 7.99. The number of hydrogen-bond acceptors (Lipinski definition) is 4. The monoisotopic (exact) mass is 363 g/mol. The third-order valence-corrected chi connectivity index (χ3v) is 4.35. The third kappa shape index (κ3) is 6.26. The molecule has 2 rings (SSSR count). The SMILES string of the molecule is CC(OC(=O)CSCc1ccc(Cl)cc1)C(=O)Nc1ccccc1. The van der Waals surface area contributed by atoms with E-state index in [1.807, 2.05) is 42.5 Å². The summed E-state index contributed by atoms with van der Waals surface area (Å²) >= 11 is 7.25. The van der Waals surface area contributed by atoms with Crippen molar-refractivity contribution in [2.24, 2.45) is 0 Å². The van der Waals surface area contributed by atoms with Crippen LogP contribution in [0.5, 0.6) is 0 Å². The lowest BCUT2D eigenvalue weighted by Crippen LogP contribution is -2.30. The van der Waals surface area contributed by atoms with E-state index in [1.54, 1.807) is 19.1 Å². The second-order valence-corrected chi connectivity index (χ2v) is 6.53. The summed E-state index contributed by atoms with van der Waals surface area (Å²) in [5.41, 5.74) is 1.74. The lowest BCUT2D eigenvalue weighted by Gasteiger charge is -2.13. The Kier molecular flexibility index (Phi) is 7.15. The van der Waals surface area contributed by atoms with Gasteiger partial charge < -0.3 is 10.1 Å². The van der Waals surface area contributed by atoms with Gasteiger partial charge >= 0.3 is 5.97 Å². The molecule has 1 N–H and O–H groups in total. The molecule has 0 aliphatic carbocycles. The molecule has 0 saturated heterocycles. The van der Waals surface area contributed by atoms with Crippen LogP contribution in [0.3, 0.4) is 0 Å². The van der Waals surface area contributed by atoms with Gasteiger partial charge in [-0.3, -0.25) is 9.59 Å². The van der Waals surface area contributed by atoms with Crippen LogP contribution >= 0.6 is 23.4 Å². The van der Waals surface area contributed by atoms with Gasteiger partial charge in [-0.05, 0) is 36.8 Å². The zero-order valence-electron chi connectivity index (χ0n) is 13.2. The van der Waals surface area contributed by atoms with E-state index in [1.165, 1.54) is 11.8 Å². The van der Waals surface area contributed by atoms with Crippen molar-refractivity contribution in [1.29, 1.82) is 0 Å². The van der Waals surface area contributed by atoms with Crippen LogP contribution in [0.4, 0.5) is 5.69 Å². The Morgan fingerprint density at radius 3 is 2.46 bits per heavy atom. The van der Waals surface area contributed by atoms with E-state index in [2.05, 4.69) is 5.32 Å². The number of esters is 1. The van der Waals surface area contributed by atoms with Crippen molar-refractivity contribution in [2.45, 2.75) is 18.8 Å². The van der Waals surface area contributed by atoms with Gasteiger partial charge in [0, 0.05) is 16.5 Å². The van der Waals surface area contributed by atoms with E-state index in [0.717, 1.165) is 5.56 Å². The van der Waals surface area contributed by atoms with Crippen molar-refractivity contribution in [2.75, 3.05) is 11.1 Å². The van der Waals surface area contributed by atoms with Crippen LogP contribution in [0.25, 0.3) is 0 Å². The fourth-order valence-electron chi connectivity index (χ4n) is 1.88. The van der Waals surface area contributed by atoms with E-state index < -0.39 is 12.1 Å². The number of rotatable bonds is 7. The van der Waals surface area contributed by atoms with Gasteiger partial charge in [0.15, 0.2) is 6.10 Å². The Labute approximate surface area is 150 Å². The topological polar surface area (TPSA) is 55.4 Å². The van der Waals surface area contributed by atoms with Crippen LogP contribution in [0, 0.1) is 0 Å². The summed E-state index contributed by atoms with van der Waals surface area (Å²) in [5, 5.41) is 3.38. The highest BCUT2D eigenvalue weighted by atomic mass is 35.5. The largest absolute Gasteiger partial charge is 0.452 e. The first kappa shape index (κ1) is 18.4. The van der Waals surface area contributed by atoms with Crippen LogP contribution in [-0.2, 0) is 20.1 Å². The summed E-state index contributed by atoms with van der Waals surface area (Å²) in [4.78, 5) is 23.8. The molecule has 0 saturated carbocycles. The Morgan fingerprint density at radius 1 is 1.12 bits per heavy atom. The van der Waals surface area contributed by atoms with Crippen molar-refractivity contribution >= 4 is 40.9 Å². The molecule has 0 aliphatic heterocycles. The Bertz CT molecular complexity index is 676. The van der Waals surface area contributed by atoms with E-state index in [9.17, 15) is 9.59 Å². The Morgan fingerprint density at radius 2 is 1.79 bits per heavy atom. The molecule has 0 aromatic heterocycles. The van der Waals surface area contributed by atoms with Crippen LogP contribution in [-0.4, -0.2) is 23.7 Å². The fourth-order valence-corrected chi connectivity index (χ4v) is 2.77. The summed E-state index contributed by atoms with van der Waals surface area (Å²) in [5.74, 6) is 0.101. The van der Waals surface area contributed by atoms with Crippen molar-refractivity contribution in [1.82, 2.24) is 0 Å². The van der Waals surface area contributed by atoms with Crippen molar-refractivity contribution in [3.05, 3.63) is 65.2 Å². The average molecular weight is 364 g/mol. The number of thioether (sulfide) groups is 1. The number of anilines is 1. The molecular formula is C18H18ClNO3S. The molecule has 0 spiro atoms. The van der Waals surface area contributed by atoms with Gasteiger partial charge in [-0.1, -0.05) is 41.9 Å². The highest BCUT2D eigenvalue weighted by Gasteiger charge is 2.17. The third-order valence-electron chi connectivity index (χ3n) is 3.12. The Hall–Kier alpha value is -1.98.